The molecule has 0 atom stereocenters. The minimum Gasteiger partial charge on any atom is -0.494 e. The topological polar surface area (TPSA) is 27.1 Å². The van der Waals surface area contributed by atoms with Gasteiger partial charge in [-0.15, -0.1) is 0 Å². The predicted octanol–water partition coefficient (Wildman–Crippen LogP) is 6.01. The second-order valence-electron chi connectivity index (χ2n) is 6.95. The molecule has 0 aliphatic heterocycles. The number of fused-ring (bicyclic) bond motifs is 1. The van der Waals surface area contributed by atoms with Gasteiger partial charge in [0.05, 0.1) is 17.6 Å². The van der Waals surface area contributed by atoms with Crippen molar-refractivity contribution >= 4 is 11.0 Å². The van der Waals surface area contributed by atoms with Crippen LogP contribution in [0, 0.1) is 12.7 Å². The molecule has 4 heteroatoms. The summed E-state index contributed by atoms with van der Waals surface area (Å²) < 4.78 is 21.4. The van der Waals surface area contributed by atoms with Crippen molar-refractivity contribution in [1.82, 2.24) is 9.55 Å². The van der Waals surface area contributed by atoms with Crippen molar-refractivity contribution < 1.29 is 9.13 Å². The van der Waals surface area contributed by atoms with Gasteiger partial charge in [0.1, 0.15) is 17.4 Å². The molecule has 4 aromatic rings. The molecule has 0 radical (unpaired) electrons. The van der Waals surface area contributed by atoms with Gasteiger partial charge in [0.2, 0.25) is 0 Å². The summed E-state index contributed by atoms with van der Waals surface area (Å²) in [5.41, 5.74) is 4.18. The van der Waals surface area contributed by atoms with Gasteiger partial charge in [0.25, 0.3) is 0 Å². The minimum absolute atomic E-state index is 0.236. The lowest BCUT2D eigenvalue weighted by molar-refractivity contribution is 0.303. The number of aryl methyl sites for hydroxylation is 2. The van der Waals surface area contributed by atoms with E-state index in [9.17, 15) is 4.39 Å². The predicted molar refractivity (Wildman–Crippen MR) is 111 cm³/mol. The van der Waals surface area contributed by atoms with Crippen molar-refractivity contribution in [2.24, 2.45) is 0 Å². The lowest BCUT2D eigenvalue weighted by Crippen LogP contribution is -2.04. The van der Waals surface area contributed by atoms with Crippen LogP contribution < -0.4 is 4.74 Å². The molecule has 0 bridgehead atoms. The van der Waals surface area contributed by atoms with Crippen molar-refractivity contribution in [1.29, 1.82) is 0 Å². The van der Waals surface area contributed by atoms with E-state index in [2.05, 4.69) is 29.7 Å². The molecular formula is C24H23FN2O. The molecule has 0 spiro atoms. The third-order valence-electron chi connectivity index (χ3n) is 4.79. The SMILES string of the molecule is Cc1cccc(OCCCCn2c(-c3ccc(F)cc3)nc3ccccc32)c1. The quantitative estimate of drug-likeness (QED) is 0.370. The van der Waals surface area contributed by atoms with Crippen molar-refractivity contribution in [2.45, 2.75) is 26.3 Å². The molecule has 0 unspecified atom stereocenters. The number of hydrogen-bond acceptors (Lipinski definition) is 2. The summed E-state index contributed by atoms with van der Waals surface area (Å²) in [6.45, 7) is 3.58. The van der Waals surface area contributed by atoms with Crippen LogP contribution in [0.5, 0.6) is 5.75 Å². The largest absolute Gasteiger partial charge is 0.494 e. The summed E-state index contributed by atoms with van der Waals surface area (Å²) in [5.74, 6) is 1.56. The van der Waals surface area contributed by atoms with E-state index in [1.54, 1.807) is 12.1 Å². The van der Waals surface area contributed by atoms with E-state index in [4.69, 9.17) is 9.72 Å². The van der Waals surface area contributed by atoms with Gasteiger partial charge in [0.15, 0.2) is 0 Å². The van der Waals surface area contributed by atoms with Crippen LogP contribution in [0.25, 0.3) is 22.4 Å². The van der Waals surface area contributed by atoms with Crippen LogP contribution >= 0.6 is 0 Å². The number of rotatable bonds is 7. The number of nitrogens with zero attached hydrogens (tertiary/aromatic N) is 2. The number of hydrogen-bond donors (Lipinski definition) is 0. The fourth-order valence-corrected chi connectivity index (χ4v) is 3.39. The molecule has 1 aromatic heterocycles. The van der Waals surface area contributed by atoms with Crippen LogP contribution in [0.15, 0.2) is 72.8 Å². The van der Waals surface area contributed by atoms with Crippen LogP contribution in [-0.4, -0.2) is 16.2 Å². The Morgan fingerprint density at radius 3 is 2.57 bits per heavy atom. The molecule has 28 heavy (non-hydrogen) atoms. The van der Waals surface area contributed by atoms with Gasteiger partial charge in [-0.3, -0.25) is 0 Å². The first kappa shape index (κ1) is 18.2. The second-order valence-corrected chi connectivity index (χ2v) is 6.95. The standard InChI is InChI=1S/C24H23FN2O/c1-18-7-6-8-21(17-18)28-16-5-4-15-27-23-10-3-2-9-22(23)26-24(27)19-11-13-20(25)14-12-19/h2-3,6-14,17H,4-5,15-16H2,1H3. The van der Waals surface area contributed by atoms with Gasteiger partial charge in [-0.1, -0.05) is 24.3 Å². The summed E-state index contributed by atoms with van der Waals surface area (Å²) in [6.07, 6.45) is 1.92. The van der Waals surface area contributed by atoms with Crippen LogP contribution in [0.1, 0.15) is 18.4 Å². The number of para-hydroxylation sites is 2. The van der Waals surface area contributed by atoms with Crippen molar-refractivity contribution in [3.63, 3.8) is 0 Å². The van der Waals surface area contributed by atoms with Gasteiger partial charge in [-0.05, 0) is 73.9 Å². The van der Waals surface area contributed by atoms with E-state index in [0.717, 1.165) is 47.6 Å². The highest BCUT2D eigenvalue weighted by Crippen LogP contribution is 2.25. The zero-order valence-electron chi connectivity index (χ0n) is 15.9. The Hall–Kier alpha value is -3.14. The highest BCUT2D eigenvalue weighted by molar-refractivity contribution is 5.80. The Kier molecular flexibility index (Phi) is 5.38. The fourth-order valence-electron chi connectivity index (χ4n) is 3.39. The maximum absolute atomic E-state index is 13.3. The zero-order chi connectivity index (χ0) is 19.3. The molecule has 142 valence electrons. The molecule has 1 heterocycles. The Bertz CT molecular complexity index is 1070. The molecule has 4 rings (SSSR count). The highest BCUT2D eigenvalue weighted by Gasteiger charge is 2.12. The molecule has 0 aliphatic carbocycles. The van der Waals surface area contributed by atoms with Crippen molar-refractivity contribution in [3.8, 4) is 17.1 Å². The molecular weight excluding hydrogens is 351 g/mol. The normalized spacial score (nSPS) is 11.1. The minimum atomic E-state index is -0.236. The Balaban J connectivity index is 1.46. The van der Waals surface area contributed by atoms with E-state index in [-0.39, 0.29) is 5.82 Å². The summed E-state index contributed by atoms with van der Waals surface area (Å²) in [7, 11) is 0. The molecule has 3 nitrogen and oxygen atoms in total. The van der Waals surface area contributed by atoms with Gasteiger partial charge in [-0.2, -0.15) is 0 Å². The fraction of sp³-hybridized carbons (Fsp3) is 0.208. The Morgan fingerprint density at radius 2 is 1.75 bits per heavy atom. The van der Waals surface area contributed by atoms with Gasteiger partial charge in [0, 0.05) is 12.1 Å². The van der Waals surface area contributed by atoms with Crippen molar-refractivity contribution in [3.05, 3.63) is 84.2 Å². The second kappa shape index (κ2) is 8.26. The number of benzene rings is 3. The summed E-state index contributed by atoms with van der Waals surface area (Å²) in [4.78, 5) is 4.78. The van der Waals surface area contributed by atoms with E-state index in [1.807, 2.05) is 30.3 Å². The van der Waals surface area contributed by atoms with E-state index < -0.39 is 0 Å². The average Bonchev–Trinajstić information content (AvgIpc) is 3.07. The molecule has 3 aromatic carbocycles. The van der Waals surface area contributed by atoms with Crippen LogP contribution in [0.3, 0.4) is 0 Å². The van der Waals surface area contributed by atoms with Crippen molar-refractivity contribution in [2.75, 3.05) is 6.61 Å². The smallest absolute Gasteiger partial charge is 0.141 e. The third kappa shape index (κ3) is 4.06. The Morgan fingerprint density at radius 1 is 0.929 bits per heavy atom. The summed E-state index contributed by atoms with van der Waals surface area (Å²) in [5, 5.41) is 0. The average molecular weight is 374 g/mol. The maximum atomic E-state index is 13.3. The number of imidazole rings is 1. The van der Waals surface area contributed by atoms with Gasteiger partial charge >= 0.3 is 0 Å². The zero-order valence-corrected chi connectivity index (χ0v) is 15.9. The maximum Gasteiger partial charge on any atom is 0.141 e. The number of aromatic nitrogens is 2. The molecule has 0 amide bonds. The molecule has 0 fully saturated rings. The lowest BCUT2D eigenvalue weighted by Gasteiger charge is -2.10. The number of unbranched alkanes of at least 4 members (excludes halogenated alkanes) is 1. The molecule has 0 saturated heterocycles. The first-order valence-electron chi connectivity index (χ1n) is 9.61. The van der Waals surface area contributed by atoms with Gasteiger partial charge < -0.3 is 9.30 Å². The number of halogens is 1. The monoisotopic (exact) mass is 374 g/mol. The third-order valence-corrected chi connectivity index (χ3v) is 4.79. The van der Waals surface area contributed by atoms with E-state index >= 15 is 0 Å². The Labute approximate surface area is 164 Å². The first-order chi connectivity index (χ1) is 13.7. The van der Waals surface area contributed by atoms with Crippen LogP contribution in [0.4, 0.5) is 4.39 Å². The van der Waals surface area contributed by atoms with Crippen LogP contribution in [0.2, 0.25) is 0 Å². The summed E-state index contributed by atoms with van der Waals surface area (Å²) >= 11 is 0. The van der Waals surface area contributed by atoms with E-state index in [1.165, 1.54) is 17.7 Å². The number of ether oxygens (including phenoxy) is 1. The molecule has 0 aliphatic rings. The highest BCUT2D eigenvalue weighted by atomic mass is 19.1. The molecule has 0 N–H and O–H groups in total. The lowest BCUT2D eigenvalue weighted by atomic mass is 10.2. The first-order valence-corrected chi connectivity index (χ1v) is 9.61. The van der Waals surface area contributed by atoms with Gasteiger partial charge in [-0.25, -0.2) is 9.37 Å². The van der Waals surface area contributed by atoms with Crippen LogP contribution in [-0.2, 0) is 6.54 Å². The van der Waals surface area contributed by atoms with E-state index in [0.29, 0.717) is 6.61 Å². The summed E-state index contributed by atoms with van der Waals surface area (Å²) in [6, 6.07) is 22.8. The molecule has 0 saturated carbocycles.